The topological polar surface area (TPSA) is 65.8 Å². The molecule has 20 heavy (non-hydrogen) atoms. The van der Waals surface area contributed by atoms with E-state index in [1.165, 1.54) is 11.8 Å². The monoisotopic (exact) mass is 347 g/mol. The van der Waals surface area contributed by atoms with E-state index in [2.05, 4.69) is 26.2 Å². The van der Waals surface area contributed by atoms with Crippen LogP contribution in [0.4, 0.5) is 5.69 Å². The molecule has 0 aliphatic carbocycles. The van der Waals surface area contributed by atoms with Gasteiger partial charge in [-0.2, -0.15) is 5.26 Å². The molecule has 4 nitrogen and oxygen atoms in total. The second-order valence-corrected chi connectivity index (χ2v) is 5.53. The Hall–Kier alpha value is -1.84. The number of thioether (sulfide) groups is 1. The molecule has 1 aromatic heterocycles. The Bertz CT molecular complexity index is 697. The molecular weight excluding hydrogens is 338 g/mol. The van der Waals surface area contributed by atoms with Gasteiger partial charge in [0.1, 0.15) is 0 Å². The molecule has 0 radical (unpaired) electrons. The Morgan fingerprint density at radius 3 is 2.85 bits per heavy atom. The summed E-state index contributed by atoms with van der Waals surface area (Å²) < 4.78 is 0.670. The fourth-order valence-electron chi connectivity index (χ4n) is 1.54. The summed E-state index contributed by atoms with van der Waals surface area (Å²) in [5.74, 6) is -0.215. The highest BCUT2D eigenvalue weighted by Gasteiger charge is 2.09. The molecule has 0 bridgehead atoms. The molecule has 0 aliphatic heterocycles. The van der Waals surface area contributed by atoms with E-state index in [0.717, 1.165) is 5.03 Å². The number of hydrogen-bond donors (Lipinski definition) is 1. The second-order valence-electron chi connectivity index (χ2n) is 3.85. The molecule has 100 valence electrons. The molecule has 6 heteroatoms. The van der Waals surface area contributed by atoms with Crippen LogP contribution in [-0.2, 0) is 0 Å². The second kappa shape index (κ2) is 6.55. The summed E-state index contributed by atoms with van der Waals surface area (Å²) >= 11 is 4.81. The van der Waals surface area contributed by atoms with Crippen LogP contribution in [0, 0.1) is 11.3 Å². The number of aromatic nitrogens is 1. The molecule has 1 heterocycles. The number of carbonyl (C=O) groups is 1. The van der Waals surface area contributed by atoms with Crippen LogP contribution >= 0.6 is 27.7 Å². The fourth-order valence-corrected chi connectivity index (χ4v) is 2.43. The summed E-state index contributed by atoms with van der Waals surface area (Å²) in [6, 6.07) is 10.4. The van der Waals surface area contributed by atoms with E-state index >= 15 is 0 Å². The van der Waals surface area contributed by atoms with Crippen molar-refractivity contribution in [2.45, 2.75) is 5.03 Å². The third-order valence-electron chi connectivity index (χ3n) is 2.55. The van der Waals surface area contributed by atoms with Gasteiger partial charge in [-0.3, -0.25) is 4.79 Å². The molecule has 0 spiro atoms. The number of nitrogens with zero attached hydrogens (tertiary/aromatic N) is 2. The SMILES string of the molecule is CSc1cc(C(=O)Nc2ccc(C#N)cc2Br)ccn1. The van der Waals surface area contributed by atoms with Crippen molar-refractivity contribution in [2.75, 3.05) is 11.6 Å². The molecule has 0 unspecified atom stereocenters. The number of nitriles is 1. The van der Waals surface area contributed by atoms with Gasteiger partial charge in [-0.25, -0.2) is 4.98 Å². The van der Waals surface area contributed by atoms with Gasteiger partial charge < -0.3 is 5.32 Å². The minimum Gasteiger partial charge on any atom is -0.321 e. The van der Waals surface area contributed by atoms with Crippen LogP contribution in [0.3, 0.4) is 0 Å². The summed E-state index contributed by atoms with van der Waals surface area (Å²) in [4.78, 5) is 16.3. The van der Waals surface area contributed by atoms with Gasteiger partial charge in [0, 0.05) is 16.2 Å². The Labute approximate surface area is 129 Å². The zero-order valence-electron chi connectivity index (χ0n) is 10.6. The average molecular weight is 348 g/mol. The van der Waals surface area contributed by atoms with Crippen molar-refractivity contribution in [1.29, 1.82) is 5.26 Å². The summed E-state index contributed by atoms with van der Waals surface area (Å²) in [5.41, 5.74) is 1.69. The van der Waals surface area contributed by atoms with Crippen molar-refractivity contribution in [3.05, 3.63) is 52.1 Å². The highest BCUT2D eigenvalue weighted by molar-refractivity contribution is 9.10. The van der Waals surface area contributed by atoms with Crippen molar-refractivity contribution >= 4 is 39.3 Å². The van der Waals surface area contributed by atoms with Crippen LogP contribution in [0.5, 0.6) is 0 Å². The van der Waals surface area contributed by atoms with Crippen molar-refractivity contribution in [2.24, 2.45) is 0 Å². The highest BCUT2D eigenvalue weighted by Crippen LogP contribution is 2.24. The third-order valence-corrected chi connectivity index (χ3v) is 3.85. The minimum atomic E-state index is -0.215. The minimum absolute atomic E-state index is 0.215. The number of benzene rings is 1. The maximum atomic E-state index is 12.2. The first-order valence-electron chi connectivity index (χ1n) is 5.65. The zero-order valence-corrected chi connectivity index (χ0v) is 13.0. The molecule has 1 aromatic carbocycles. The lowest BCUT2D eigenvalue weighted by Gasteiger charge is -2.08. The van der Waals surface area contributed by atoms with Gasteiger partial charge in [0.05, 0.1) is 22.3 Å². The lowest BCUT2D eigenvalue weighted by Crippen LogP contribution is -2.12. The van der Waals surface area contributed by atoms with E-state index in [4.69, 9.17) is 5.26 Å². The number of halogens is 1. The van der Waals surface area contributed by atoms with Crippen molar-refractivity contribution < 1.29 is 4.79 Å². The molecule has 0 saturated heterocycles. The summed E-state index contributed by atoms with van der Waals surface area (Å²) in [5, 5.41) is 12.4. The van der Waals surface area contributed by atoms with Crippen molar-refractivity contribution in [3.8, 4) is 6.07 Å². The lowest BCUT2D eigenvalue weighted by atomic mass is 10.2. The first-order chi connectivity index (χ1) is 9.63. The average Bonchev–Trinajstić information content (AvgIpc) is 2.49. The number of nitrogens with one attached hydrogen (secondary N) is 1. The number of rotatable bonds is 3. The van der Waals surface area contributed by atoms with Gasteiger partial charge in [0.25, 0.3) is 5.91 Å². The Kier molecular flexibility index (Phi) is 4.77. The zero-order chi connectivity index (χ0) is 14.5. The number of pyridine rings is 1. The number of anilines is 1. The Morgan fingerprint density at radius 1 is 1.40 bits per heavy atom. The van der Waals surface area contributed by atoms with E-state index in [-0.39, 0.29) is 5.91 Å². The predicted molar refractivity (Wildman–Crippen MR) is 82.8 cm³/mol. The number of amides is 1. The smallest absolute Gasteiger partial charge is 0.255 e. The molecule has 0 atom stereocenters. The highest BCUT2D eigenvalue weighted by atomic mass is 79.9. The van der Waals surface area contributed by atoms with E-state index in [1.54, 1.807) is 36.5 Å². The summed E-state index contributed by atoms with van der Waals surface area (Å²) in [6.07, 6.45) is 3.51. The first kappa shape index (κ1) is 14.6. The molecule has 0 aliphatic rings. The molecule has 1 amide bonds. The Balaban J connectivity index is 2.21. The summed E-state index contributed by atoms with van der Waals surface area (Å²) in [7, 11) is 0. The first-order valence-corrected chi connectivity index (χ1v) is 7.67. The number of hydrogen-bond acceptors (Lipinski definition) is 4. The fraction of sp³-hybridized carbons (Fsp3) is 0.0714. The van der Waals surface area contributed by atoms with Crippen molar-refractivity contribution in [3.63, 3.8) is 0 Å². The molecule has 2 rings (SSSR count). The van der Waals surface area contributed by atoms with Crippen LogP contribution in [0.15, 0.2) is 46.0 Å². The van der Waals surface area contributed by atoms with Gasteiger partial charge in [-0.05, 0) is 52.5 Å². The Morgan fingerprint density at radius 2 is 2.20 bits per heavy atom. The maximum Gasteiger partial charge on any atom is 0.255 e. The lowest BCUT2D eigenvalue weighted by molar-refractivity contribution is 0.102. The maximum absolute atomic E-state index is 12.2. The van der Waals surface area contributed by atoms with Crippen molar-refractivity contribution in [1.82, 2.24) is 4.98 Å². The van der Waals surface area contributed by atoms with Crippen LogP contribution in [0.2, 0.25) is 0 Å². The van der Waals surface area contributed by atoms with E-state index < -0.39 is 0 Å². The van der Waals surface area contributed by atoms with Gasteiger partial charge in [-0.1, -0.05) is 0 Å². The van der Waals surface area contributed by atoms with E-state index in [1.807, 2.05) is 12.3 Å². The van der Waals surface area contributed by atoms with Gasteiger partial charge in [-0.15, -0.1) is 11.8 Å². The standard InChI is InChI=1S/C14H10BrN3OS/c1-20-13-7-10(4-5-17-13)14(19)18-12-3-2-9(8-16)6-11(12)15/h2-7H,1H3,(H,18,19). The van der Waals surface area contributed by atoms with Gasteiger partial charge in [0.2, 0.25) is 0 Å². The molecule has 0 saturated carbocycles. The molecule has 2 aromatic rings. The van der Waals surface area contributed by atoms with Crippen LogP contribution in [0.25, 0.3) is 0 Å². The predicted octanol–water partition coefficient (Wildman–Crippen LogP) is 3.69. The van der Waals surface area contributed by atoms with Crippen LogP contribution < -0.4 is 5.32 Å². The number of carbonyl (C=O) groups excluding carboxylic acids is 1. The molecular formula is C14H10BrN3OS. The van der Waals surface area contributed by atoms with E-state index in [0.29, 0.717) is 21.3 Å². The normalized spacial score (nSPS) is 9.85. The largest absolute Gasteiger partial charge is 0.321 e. The third kappa shape index (κ3) is 3.38. The van der Waals surface area contributed by atoms with E-state index in [9.17, 15) is 4.79 Å². The van der Waals surface area contributed by atoms with Gasteiger partial charge >= 0.3 is 0 Å². The summed E-state index contributed by atoms with van der Waals surface area (Å²) in [6.45, 7) is 0. The van der Waals surface area contributed by atoms with Crippen LogP contribution in [-0.4, -0.2) is 17.1 Å². The quantitative estimate of drug-likeness (QED) is 0.859. The molecule has 0 fully saturated rings. The van der Waals surface area contributed by atoms with Crippen LogP contribution in [0.1, 0.15) is 15.9 Å². The molecule has 1 N–H and O–H groups in total. The van der Waals surface area contributed by atoms with Gasteiger partial charge in [0.15, 0.2) is 0 Å².